The van der Waals surface area contributed by atoms with Gasteiger partial charge in [0.2, 0.25) is 0 Å². The quantitative estimate of drug-likeness (QED) is 0.875. The first-order chi connectivity index (χ1) is 8.95. The van der Waals surface area contributed by atoms with Gasteiger partial charge in [0.05, 0.1) is 4.47 Å². The van der Waals surface area contributed by atoms with Gasteiger partial charge in [-0.3, -0.25) is 4.72 Å². The van der Waals surface area contributed by atoms with E-state index in [1.807, 2.05) is 0 Å². The highest BCUT2D eigenvalue weighted by Crippen LogP contribution is 2.29. The van der Waals surface area contributed by atoms with Gasteiger partial charge in [0.15, 0.2) is 5.82 Å². The topological polar surface area (TPSA) is 85.1 Å². The monoisotopic (exact) mass is 361 g/mol. The number of hydrogen-bond acceptors (Lipinski definition) is 5. The van der Waals surface area contributed by atoms with Gasteiger partial charge in [0.25, 0.3) is 10.0 Å². The molecule has 0 atom stereocenters. The minimum absolute atomic E-state index is 0.193. The molecule has 0 aliphatic heterocycles. The number of hydrogen-bond donors (Lipinski definition) is 2. The molecule has 2 heterocycles. The summed E-state index contributed by atoms with van der Waals surface area (Å²) < 4.78 is 27.8. The van der Waals surface area contributed by atoms with Crippen molar-refractivity contribution >= 4 is 43.1 Å². The number of aromatic nitrogens is 1. The van der Waals surface area contributed by atoms with Crippen molar-refractivity contribution in [2.45, 2.75) is 18.4 Å². The molecule has 2 aromatic heterocycles. The number of halogens is 1. The van der Waals surface area contributed by atoms with E-state index in [1.54, 1.807) is 24.4 Å². The number of pyridine rings is 1. The van der Waals surface area contributed by atoms with Gasteiger partial charge in [0.1, 0.15) is 4.90 Å². The third-order valence-corrected chi connectivity index (χ3v) is 5.90. The fraction of sp³-hybridized carbons (Fsp3) is 0.182. The van der Waals surface area contributed by atoms with E-state index in [4.69, 9.17) is 5.73 Å². The Morgan fingerprint density at radius 2 is 2.26 bits per heavy atom. The number of nitrogens with zero attached hydrogens (tertiary/aromatic N) is 1. The fourth-order valence-corrected chi connectivity index (χ4v) is 4.85. The van der Waals surface area contributed by atoms with Crippen LogP contribution >= 0.6 is 27.3 Å². The predicted octanol–water partition coefficient (Wildman–Crippen LogP) is 2.47. The Hall–Kier alpha value is -0.960. The first-order valence-electron chi connectivity index (χ1n) is 5.36. The van der Waals surface area contributed by atoms with E-state index in [-0.39, 0.29) is 17.3 Å². The molecule has 0 spiro atoms. The van der Waals surface area contributed by atoms with Gasteiger partial charge in [-0.2, -0.15) is 0 Å². The van der Waals surface area contributed by atoms with Crippen LogP contribution in [0.25, 0.3) is 0 Å². The zero-order chi connectivity index (χ0) is 14.0. The number of aryl methyl sites for hydroxylation is 1. The Morgan fingerprint density at radius 1 is 1.53 bits per heavy atom. The Morgan fingerprint density at radius 3 is 2.89 bits per heavy atom. The summed E-state index contributed by atoms with van der Waals surface area (Å²) in [6.45, 7) is 1.94. The Bertz CT molecular complexity index is 698. The molecule has 0 fully saturated rings. The average Bonchev–Trinajstić information content (AvgIpc) is 2.74. The van der Waals surface area contributed by atoms with Crippen molar-refractivity contribution in [3.8, 4) is 0 Å². The van der Waals surface area contributed by atoms with Crippen molar-refractivity contribution < 1.29 is 8.42 Å². The zero-order valence-corrected chi connectivity index (χ0v) is 13.3. The van der Waals surface area contributed by atoms with Gasteiger partial charge in [-0.25, -0.2) is 13.4 Å². The van der Waals surface area contributed by atoms with Crippen LogP contribution in [0.3, 0.4) is 0 Å². The zero-order valence-electron chi connectivity index (χ0n) is 10.1. The summed E-state index contributed by atoms with van der Waals surface area (Å²) in [5.41, 5.74) is 6.26. The second kappa shape index (κ2) is 5.58. The predicted molar refractivity (Wildman–Crippen MR) is 79.7 cm³/mol. The lowest BCUT2D eigenvalue weighted by molar-refractivity contribution is 0.600. The summed E-state index contributed by atoms with van der Waals surface area (Å²) in [6, 6.07) is 3.43. The molecule has 0 saturated carbocycles. The average molecular weight is 362 g/mol. The minimum atomic E-state index is -3.68. The maximum atomic E-state index is 12.4. The Labute approximate surface area is 124 Å². The van der Waals surface area contributed by atoms with E-state index in [1.165, 1.54) is 17.5 Å². The molecule has 0 aromatic carbocycles. The van der Waals surface area contributed by atoms with Crippen molar-refractivity contribution in [2.75, 3.05) is 4.72 Å². The van der Waals surface area contributed by atoms with E-state index in [0.717, 1.165) is 0 Å². The van der Waals surface area contributed by atoms with Crippen LogP contribution in [0.2, 0.25) is 0 Å². The molecule has 0 amide bonds. The molecule has 0 unspecified atom stereocenters. The number of sulfonamides is 1. The molecule has 0 aliphatic carbocycles. The molecule has 0 bridgehead atoms. The van der Waals surface area contributed by atoms with E-state index >= 15 is 0 Å². The molecule has 5 nitrogen and oxygen atoms in total. The van der Waals surface area contributed by atoms with Crippen LogP contribution in [0.15, 0.2) is 33.1 Å². The number of rotatable bonds is 4. The van der Waals surface area contributed by atoms with E-state index in [2.05, 4.69) is 25.6 Å². The highest BCUT2D eigenvalue weighted by Gasteiger charge is 2.23. The van der Waals surface area contributed by atoms with Crippen LogP contribution in [0.1, 0.15) is 10.4 Å². The van der Waals surface area contributed by atoms with Crippen molar-refractivity contribution in [1.29, 1.82) is 0 Å². The van der Waals surface area contributed by atoms with Crippen molar-refractivity contribution in [3.05, 3.63) is 38.6 Å². The second-order valence-electron chi connectivity index (χ2n) is 3.81. The molecule has 0 aliphatic rings. The van der Waals surface area contributed by atoms with E-state index in [0.29, 0.717) is 14.9 Å². The molecule has 102 valence electrons. The maximum Gasteiger partial charge on any atom is 0.264 e. The number of anilines is 1. The van der Waals surface area contributed by atoms with Crippen LogP contribution in [-0.2, 0) is 16.6 Å². The largest absolute Gasteiger partial charge is 0.326 e. The van der Waals surface area contributed by atoms with Gasteiger partial charge in [-0.1, -0.05) is 0 Å². The summed E-state index contributed by atoms with van der Waals surface area (Å²) in [5, 5.41) is 1.78. The summed E-state index contributed by atoms with van der Waals surface area (Å²) >= 11 is 4.60. The van der Waals surface area contributed by atoms with Crippen molar-refractivity contribution in [3.63, 3.8) is 0 Å². The minimum Gasteiger partial charge on any atom is -0.326 e. The fourth-order valence-electron chi connectivity index (χ4n) is 1.63. The first kappa shape index (κ1) is 14.4. The standard InChI is InChI=1S/C11H12BrN3O2S2/c1-7-6-18-9(5-13)10(7)19(16,17)15-11-8(12)3-2-4-14-11/h2-4,6H,5,13H2,1H3,(H,14,15). The summed E-state index contributed by atoms with van der Waals surface area (Å²) in [6.07, 6.45) is 1.52. The smallest absolute Gasteiger partial charge is 0.264 e. The number of thiophene rings is 1. The van der Waals surface area contributed by atoms with Crippen molar-refractivity contribution in [2.24, 2.45) is 5.73 Å². The van der Waals surface area contributed by atoms with Crippen LogP contribution in [0, 0.1) is 6.92 Å². The van der Waals surface area contributed by atoms with Crippen LogP contribution in [0.4, 0.5) is 5.82 Å². The van der Waals surface area contributed by atoms with Crippen LogP contribution in [0.5, 0.6) is 0 Å². The molecule has 8 heteroatoms. The molecule has 2 rings (SSSR count). The van der Waals surface area contributed by atoms with Gasteiger partial charge in [-0.05, 0) is 45.9 Å². The van der Waals surface area contributed by atoms with Crippen LogP contribution in [-0.4, -0.2) is 13.4 Å². The summed E-state index contributed by atoms with van der Waals surface area (Å²) in [4.78, 5) is 4.88. The Balaban J connectivity index is 2.44. The molecule has 0 saturated heterocycles. The molecule has 3 N–H and O–H groups in total. The molecular weight excluding hydrogens is 350 g/mol. The summed E-state index contributed by atoms with van der Waals surface area (Å²) in [7, 11) is -3.68. The van der Waals surface area contributed by atoms with E-state index < -0.39 is 10.0 Å². The first-order valence-corrected chi connectivity index (χ1v) is 8.51. The lowest BCUT2D eigenvalue weighted by Gasteiger charge is -2.10. The van der Waals surface area contributed by atoms with Gasteiger partial charge < -0.3 is 5.73 Å². The summed E-state index contributed by atoms with van der Waals surface area (Å²) in [5.74, 6) is 0.260. The van der Waals surface area contributed by atoms with Gasteiger partial charge in [-0.15, -0.1) is 11.3 Å². The molecule has 2 aromatic rings. The lowest BCUT2D eigenvalue weighted by Crippen LogP contribution is -2.16. The highest BCUT2D eigenvalue weighted by molar-refractivity contribution is 9.10. The normalized spacial score (nSPS) is 11.5. The Kier molecular flexibility index (Phi) is 4.24. The lowest BCUT2D eigenvalue weighted by atomic mass is 10.3. The molecular formula is C11H12BrN3O2S2. The SMILES string of the molecule is Cc1csc(CN)c1S(=O)(=O)Nc1ncccc1Br. The molecule has 0 radical (unpaired) electrons. The number of nitrogens with two attached hydrogens (primary N) is 1. The second-order valence-corrected chi connectivity index (χ2v) is 7.25. The maximum absolute atomic E-state index is 12.4. The van der Waals surface area contributed by atoms with Crippen LogP contribution < -0.4 is 10.5 Å². The van der Waals surface area contributed by atoms with Crippen molar-refractivity contribution in [1.82, 2.24) is 4.98 Å². The van der Waals surface area contributed by atoms with Gasteiger partial charge in [0, 0.05) is 17.6 Å². The molecule has 19 heavy (non-hydrogen) atoms. The van der Waals surface area contributed by atoms with E-state index in [9.17, 15) is 8.42 Å². The third kappa shape index (κ3) is 2.97. The van der Waals surface area contributed by atoms with Gasteiger partial charge >= 0.3 is 0 Å². The number of nitrogens with one attached hydrogen (secondary N) is 1. The highest BCUT2D eigenvalue weighted by atomic mass is 79.9. The third-order valence-electron chi connectivity index (χ3n) is 2.43.